The number of rotatable bonds is 8. The molecule has 2 aromatic heterocycles. The predicted molar refractivity (Wildman–Crippen MR) is 150 cm³/mol. The zero-order valence-electron chi connectivity index (χ0n) is 22.2. The highest BCUT2D eigenvalue weighted by Crippen LogP contribution is 2.38. The third-order valence-electron chi connectivity index (χ3n) is 7.87. The van der Waals surface area contributed by atoms with Crippen molar-refractivity contribution in [2.45, 2.75) is 38.4 Å². The van der Waals surface area contributed by atoms with Crippen LogP contribution in [0.1, 0.15) is 43.5 Å². The zero-order chi connectivity index (χ0) is 28.8. The average molecular weight is 620 g/mol. The zero-order valence-corrected chi connectivity index (χ0v) is 24.5. The third-order valence-corrected chi connectivity index (χ3v) is 9.46. The van der Waals surface area contributed by atoms with Crippen molar-refractivity contribution in [3.05, 3.63) is 45.7 Å². The lowest BCUT2D eigenvalue weighted by Crippen LogP contribution is -2.54. The smallest absolute Gasteiger partial charge is 0.355 e. The molecule has 3 aromatic rings. The van der Waals surface area contributed by atoms with Crippen LogP contribution >= 0.6 is 23.2 Å². The lowest BCUT2D eigenvalue weighted by Gasteiger charge is -2.47. The number of hydrogen-bond donors (Lipinski definition) is 0. The van der Waals surface area contributed by atoms with Crippen LogP contribution in [0.25, 0.3) is 11.2 Å². The molecule has 40 heavy (non-hydrogen) atoms. The van der Waals surface area contributed by atoms with Gasteiger partial charge >= 0.3 is 6.18 Å². The van der Waals surface area contributed by atoms with Gasteiger partial charge in [-0.2, -0.15) is 18.3 Å². The number of aromatic nitrogens is 4. The van der Waals surface area contributed by atoms with E-state index in [0.717, 1.165) is 45.6 Å². The van der Waals surface area contributed by atoms with E-state index in [1.165, 1.54) is 17.1 Å². The SMILES string of the molecule is C[C@H](c1ccc(Cl)cc1Cl)n1nc(C(F)(F)F)c2ncc(N3CC(C4CCCN(CCCS(C)(=O)=O)C4)C3)nc21. The molecule has 0 saturated carbocycles. The topological polar surface area (TPSA) is 84.2 Å². The van der Waals surface area contributed by atoms with Crippen LogP contribution in [0.3, 0.4) is 0 Å². The first kappa shape index (κ1) is 29.3. The summed E-state index contributed by atoms with van der Waals surface area (Å²) in [5, 5.41) is 4.64. The third kappa shape index (κ3) is 6.34. The normalized spacial score (nSPS) is 20.2. The van der Waals surface area contributed by atoms with Crippen LogP contribution in [0.2, 0.25) is 10.0 Å². The number of anilines is 1. The molecule has 0 bridgehead atoms. The van der Waals surface area contributed by atoms with Gasteiger partial charge in [0.05, 0.1) is 18.0 Å². The van der Waals surface area contributed by atoms with Crippen molar-refractivity contribution in [2.24, 2.45) is 11.8 Å². The van der Waals surface area contributed by atoms with Crippen LogP contribution in [0, 0.1) is 11.8 Å². The minimum Gasteiger partial charge on any atom is -0.355 e. The van der Waals surface area contributed by atoms with Gasteiger partial charge in [-0.1, -0.05) is 29.3 Å². The Morgan fingerprint density at radius 1 is 1.15 bits per heavy atom. The number of alkyl halides is 3. The van der Waals surface area contributed by atoms with E-state index in [9.17, 15) is 21.6 Å². The maximum absolute atomic E-state index is 13.9. The molecular formula is C26H31Cl2F3N6O2S. The summed E-state index contributed by atoms with van der Waals surface area (Å²) in [6.45, 7) is 5.85. The molecule has 0 aliphatic carbocycles. The summed E-state index contributed by atoms with van der Waals surface area (Å²) < 4.78 is 65.7. The Morgan fingerprint density at radius 2 is 1.90 bits per heavy atom. The number of nitrogens with zero attached hydrogens (tertiary/aromatic N) is 6. The molecule has 1 aromatic carbocycles. The molecule has 0 amide bonds. The summed E-state index contributed by atoms with van der Waals surface area (Å²) in [6, 6.07) is 4.20. The Balaban J connectivity index is 1.33. The largest absolute Gasteiger partial charge is 0.437 e. The van der Waals surface area contributed by atoms with Crippen LogP contribution in [0.4, 0.5) is 19.0 Å². The molecule has 4 heterocycles. The van der Waals surface area contributed by atoms with E-state index in [2.05, 4.69) is 20.0 Å². The lowest BCUT2D eigenvalue weighted by atomic mass is 9.80. The molecule has 2 saturated heterocycles. The van der Waals surface area contributed by atoms with E-state index >= 15 is 0 Å². The second kappa shape index (κ2) is 11.3. The molecule has 14 heteroatoms. The van der Waals surface area contributed by atoms with E-state index in [-0.39, 0.29) is 16.9 Å². The second-order valence-electron chi connectivity index (χ2n) is 10.9. The summed E-state index contributed by atoms with van der Waals surface area (Å²) in [5.74, 6) is 1.61. The molecule has 2 atom stereocenters. The fourth-order valence-electron chi connectivity index (χ4n) is 5.71. The van der Waals surface area contributed by atoms with Gasteiger partial charge < -0.3 is 9.80 Å². The number of fused-ring (bicyclic) bond motifs is 1. The fourth-order valence-corrected chi connectivity index (χ4v) is 6.93. The van der Waals surface area contributed by atoms with E-state index < -0.39 is 27.7 Å². The standard InChI is InChI=1S/C26H31Cl2F3N6O2S/c1-16(20-7-6-19(27)11-21(20)28)37-25-23(24(34-37)26(29,30)31)32-12-22(33-25)36-14-18(15-36)17-5-3-8-35(13-17)9-4-10-40(2,38)39/h6-7,11-12,16-18H,3-5,8-10,13-15H2,1-2H3/t16-,17?/m1/s1. The van der Waals surface area contributed by atoms with Crippen molar-refractivity contribution < 1.29 is 21.6 Å². The maximum Gasteiger partial charge on any atom is 0.437 e. The summed E-state index contributed by atoms with van der Waals surface area (Å²) in [5.41, 5.74) is -0.777. The Labute approximate surface area is 241 Å². The number of halogens is 5. The van der Waals surface area contributed by atoms with Gasteiger partial charge in [0.25, 0.3) is 0 Å². The van der Waals surface area contributed by atoms with Crippen LogP contribution in [-0.2, 0) is 16.0 Å². The molecule has 5 rings (SSSR count). The van der Waals surface area contributed by atoms with E-state index in [0.29, 0.717) is 39.7 Å². The molecule has 2 fully saturated rings. The number of sulfone groups is 1. The molecule has 1 unspecified atom stereocenters. The number of benzene rings is 1. The van der Waals surface area contributed by atoms with Crippen LogP contribution in [-0.4, -0.2) is 77.8 Å². The Hall–Kier alpha value is -2.15. The second-order valence-corrected chi connectivity index (χ2v) is 14.0. The molecular weight excluding hydrogens is 588 g/mol. The molecule has 0 N–H and O–H groups in total. The van der Waals surface area contributed by atoms with Crippen LogP contribution in [0.5, 0.6) is 0 Å². The first-order chi connectivity index (χ1) is 18.8. The highest BCUT2D eigenvalue weighted by molar-refractivity contribution is 7.90. The molecule has 2 aliphatic rings. The van der Waals surface area contributed by atoms with E-state index in [4.69, 9.17) is 23.2 Å². The average Bonchev–Trinajstić information content (AvgIpc) is 3.22. The van der Waals surface area contributed by atoms with Gasteiger partial charge in [-0.3, -0.25) is 0 Å². The Morgan fingerprint density at radius 3 is 2.58 bits per heavy atom. The van der Waals surface area contributed by atoms with E-state index in [1.807, 2.05) is 4.90 Å². The van der Waals surface area contributed by atoms with Crippen molar-refractivity contribution in [3.63, 3.8) is 0 Å². The quantitative estimate of drug-likeness (QED) is 0.337. The summed E-state index contributed by atoms with van der Waals surface area (Å²) in [4.78, 5) is 13.2. The van der Waals surface area contributed by atoms with Gasteiger partial charge in [0.15, 0.2) is 11.3 Å². The Kier molecular flexibility index (Phi) is 8.26. The minimum atomic E-state index is -4.70. The number of piperidine rings is 1. The van der Waals surface area contributed by atoms with Crippen LogP contribution < -0.4 is 4.90 Å². The highest BCUT2D eigenvalue weighted by Gasteiger charge is 2.40. The molecule has 218 valence electrons. The number of likely N-dealkylation sites (tertiary alicyclic amines) is 1. The van der Waals surface area contributed by atoms with Crippen molar-refractivity contribution in [2.75, 3.05) is 49.6 Å². The molecule has 2 aliphatic heterocycles. The monoisotopic (exact) mass is 618 g/mol. The van der Waals surface area contributed by atoms with Crippen molar-refractivity contribution in [3.8, 4) is 0 Å². The summed E-state index contributed by atoms with van der Waals surface area (Å²) >= 11 is 12.4. The minimum absolute atomic E-state index is 0.0431. The van der Waals surface area contributed by atoms with Crippen molar-refractivity contribution >= 4 is 50.0 Å². The first-order valence-electron chi connectivity index (χ1n) is 13.2. The first-order valence-corrected chi connectivity index (χ1v) is 16.0. The predicted octanol–water partition coefficient (Wildman–Crippen LogP) is 5.34. The van der Waals surface area contributed by atoms with Gasteiger partial charge in [0.2, 0.25) is 0 Å². The highest BCUT2D eigenvalue weighted by atomic mass is 35.5. The van der Waals surface area contributed by atoms with Gasteiger partial charge in [0, 0.05) is 35.9 Å². The lowest BCUT2D eigenvalue weighted by molar-refractivity contribution is -0.140. The van der Waals surface area contributed by atoms with Gasteiger partial charge in [-0.05, 0) is 68.8 Å². The van der Waals surface area contributed by atoms with E-state index in [1.54, 1.807) is 25.1 Å². The Bertz CT molecular complexity index is 1490. The van der Waals surface area contributed by atoms with Gasteiger partial charge in [-0.25, -0.2) is 23.1 Å². The fraction of sp³-hybridized carbons (Fsp3) is 0.577. The number of hydrogen-bond acceptors (Lipinski definition) is 7. The van der Waals surface area contributed by atoms with Gasteiger partial charge in [0.1, 0.15) is 21.2 Å². The maximum atomic E-state index is 13.9. The summed E-state index contributed by atoms with van der Waals surface area (Å²) in [6.07, 6.45) is 0.755. The summed E-state index contributed by atoms with van der Waals surface area (Å²) in [7, 11) is -2.96. The molecule has 8 nitrogen and oxygen atoms in total. The van der Waals surface area contributed by atoms with Gasteiger partial charge in [-0.15, -0.1) is 0 Å². The van der Waals surface area contributed by atoms with Crippen molar-refractivity contribution in [1.29, 1.82) is 0 Å². The molecule has 0 radical (unpaired) electrons. The van der Waals surface area contributed by atoms with Crippen molar-refractivity contribution in [1.82, 2.24) is 24.6 Å². The van der Waals surface area contributed by atoms with Crippen LogP contribution in [0.15, 0.2) is 24.4 Å². The molecule has 0 spiro atoms.